The average molecular weight is 395 g/mol. The van der Waals surface area contributed by atoms with Crippen molar-refractivity contribution in [3.63, 3.8) is 0 Å². The van der Waals surface area contributed by atoms with E-state index in [0.29, 0.717) is 16.5 Å². The fourth-order valence-corrected chi connectivity index (χ4v) is 3.02. The maximum absolute atomic E-state index is 12.2. The van der Waals surface area contributed by atoms with Gasteiger partial charge in [0.15, 0.2) is 6.61 Å². The molecule has 0 unspecified atom stereocenters. The van der Waals surface area contributed by atoms with Crippen LogP contribution in [-0.2, 0) is 17.9 Å². The molecule has 3 aromatic rings. The number of nitrogens with zero attached hydrogens (tertiary/aromatic N) is 1. The number of carbonyl (C=O) groups excluding carboxylic acids is 1. The van der Waals surface area contributed by atoms with Crippen LogP contribution in [0.15, 0.2) is 78.9 Å². The Hall–Kier alpha value is -2.82. The minimum atomic E-state index is -0.213. The largest absolute Gasteiger partial charge is 0.483 e. The number of nitrogens with one attached hydrogen (secondary N) is 1. The first kappa shape index (κ1) is 19.9. The van der Waals surface area contributed by atoms with Gasteiger partial charge in [-0.25, -0.2) is 0 Å². The van der Waals surface area contributed by atoms with Crippen molar-refractivity contribution in [2.24, 2.45) is 0 Å². The Bertz CT molecular complexity index is 898. The van der Waals surface area contributed by atoms with Gasteiger partial charge >= 0.3 is 0 Å². The van der Waals surface area contributed by atoms with Gasteiger partial charge in [0.25, 0.3) is 5.91 Å². The number of hydrogen-bond acceptors (Lipinski definition) is 3. The molecule has 1 amide bonds. The third-order valence-electron chi connectivity index (χ3n) is 4.19. The van der Waals surface area contributed by atoms with Gasteiger partial charge in [-0.15, -0.1) is 0 Å². The summed E-state index contributed by atoms with van der Waals surface area (Å²) in [7, 11) is 2.07. The Kier molecular flexibility index (Phi) is 7.06. The van der Waals surface area contributed by atoms with Crippen LogP contribution in [0.1, 0.15) is 11.1 Å². The van der Waals surface area contributed by atoms with Crippen LogP contribution in [0.25, 0.3) is 0 Å². The third kappa shape index (κ3) is 6.12. The summed E-state index contributed by atoms with van der Waals surface area (Å²) < 4.78 is 5.78. The van der Waals surface area contributed by atoms with E-state index < -0.39 is 0 Å². The van der Waals surface area contributed by atoms with Crippen LogP contribution < -0.4 is 10.1 Å². The minimum absolute atomic E-state index is 0.0535. The molecule has 3 aromatic carbocycles. The Labute approximate surface area is 170 Å². The molecule has 0 aliphatic heterocycles. The monoisotopic (exact) mass is 394 g/mol. The summed E-state index contributed by atoms with van der Waals surface area (Å²) in [5.41, 5.74) is 2.99. The molecule has 0 aliphatic rings. The van der Waals surface area contributed by atoms with E-state index in [1.807, 2.05) is 42.5 Å². The second kappa shape index (κ2) is 9.93. The lowest BCUT2D eigenvalue weighted by molar-refractivity contribution is -0.118. The first-order valence-electron chi connectivity index (χ1n) is 9.09. The summed E-state index contributed by atoms with van der Waals surface area (Å²) in [6.07, 6.45) is 0. The number of carbonyl (C=O) groups is 1. The molecule has 0 aliphatic carbocycles. The van der Waals surface area contributed by atoms with E-state index >= 15 is 0 Å². The van der Waals surface area contributed by atoms with Crippen molar-refractivity contribution in [2.45, 2.75) is 13.1 Å². The van der Waals surface area contributed by atoms with Crippen LogP contribution in [0.3, 0.4) is 0 Å². The van der Waals surface area contributed by atoms with Crippen molar-refractivity contribution in [3.8, 4) is 5.75 Å². The molecule has 0 radical (unpaired) electrons. The molecule has 0 bridgehead atoms. The fraction of sp³-hybridized carbons (Fsp3) is 0.174. The zero-order valence-electron chi connectivity index (χ0n) is 15.8. The number of rotatable bonds is 8. The van der Waals surface area contributed by atoms with E-state index in [-0.39, 0.29) is 12.5 Å². The summed E-state index contributed by atoms with van der Waals surface area (Å²) >= 11 is 5.86. The molecule has 0 atom stereocenters. The number of benzene rings is 3. The minimum Gasteiger partial charge on any atom is -0.483 e. The van der Waals surface area contributed by atoms with Crippen LogP contribution in [0.5, 0.6) is 5.75 Å². The molecule has 0 spiro atoms. The second-order valence-electron chi connectivity index (χ2n) is 6.61. The molecular formula is C23H23ClN2O2. The van der Waals surface area contributed by atoms with E-state index in [9.17, 15) is 4.79 Å². The van der Waals surface area contributed by atoms with Crippen molar-refractivity contribution in [3.05, 3.63) is 95.0 Å². The van der Waals surface area contributed by atoms with Gasteiger partial charge in [-0.3, -0.25) is 9.69 Å². The predicted molar refractivity (Wildman–Crippen MR) is 114 cm³/mol. The maximum atomic E-state index is 12.2. The standard InChI is InChI=1S/C23H23ClN2O2/c1-26(15-18-7-3-2-4-8-18)16-19-9-5-6-10-22(19)28-17-23(27)25-21-13-11-20(24)12-14-21/h2-14H,15-17H2,1H3,(H,25,27). The molecule has 0 heterocycles. The summed E-state index contributed by atoms with van der Waals surface area (Å²) in [5, 5.41) is 3.43. The number of anilines is 1. The first-order chi connectivity index (χ1) is 13.6. The number of para-hydroxylation sites is 1. The van der Waals surface area contributed by atoms with Gasteiger partial charge in [0.05, 0.1) is 0 Å². The lowest BCUT2D eigenvalue weighted by Gasteiger charge is -2.19. The van der Waals surface area contributed by atoms with Crippen LogP contribution >= 0.6 is 11.6 Å². The molecule has 144 valence electrons. The molecule has 0 aromatic heterocycles. The number of halogens is 1. The Morgan fingerprint density at radius 3 is 2.36 bits per heavy atom. The lowest BCUT2D eigenvalue weighted by atomic mass is 10.1. The SMILES string of the molecule is CN(Cc1ccccc1)Cc1ccccc1OCC(=O)Nc1ccc(Cl)cc1. The van der Waals surface area contributed by atoms with Crippen LogP contribution in [0, 0.1) is 0 Å². The summed E-state index contributed by atoms with van der Waals surface area (Å²) in [4.78, 5) is 14.4. The third-order valence-corrected chi connectivity index (χ3v) is 4.45. The van der Waals surface area contributed by atoms with Gasteiger partial charge in [-0.1, -0.05) is 60.1 Å². The first-order valence-corrected chi connectivity index (χ1v) is 9.46. The van der Waals surface area contributed by atoms with E-state index in [1.165, 1.54) is 5.56 Å². The molecule has 1 N–H and O–H groups in total. The fourth-order valence-electron chi connectivity index (χ4n) is 2.89. The second-order valence-corrected chi connectivity index (χ2v) is 7.05. The topological polar surface area (TPSA) is 41.6 Å². The van der Waals surface area contributed by atoms with E-state index in [0.717, 1.165) is 18.7 Å². The highest BCUT2D eigenvalue weighted by atomic mass is 35.5. The van der Waals surface area contributed by atoms with Gasteiger partial charge in [0.2, 0.25) is 0 Å². The van der Waals surface area contributed by atoms with Crippen molar-refractivity contribution < 1.29 is 9.53 Å². The van der Waals surface area contributed by atoms with Gasteiger partial charge in [-0.2, -0.15) is 0 Å². The van der Waals surface area contributed by atoms with Gasteiger partial charge in [0.1, 0.15) is 5.75 Å². The number of hydrogen-bond donors (Lipinski definition) is 1. The van der Waals surface area contributed by atoms with Crippen molar-refractivity contribution in [1.82, 2.24) is 4.90 Å². The smallest absolute Gasteiger partial charge is 0.262 e. The highest BCUT2D eigenvalue weighted by Crippen LogP contribution is 2.20. The lowest BCUT2D eigenvalue weighted by Crippen LogP contribution is -2.21. The summed E-state index contributed by atoms with van der Waals surface area (Å²) in [6, 6.07) is 25.1. The Balaban J connectivity index is 1.55. The highest BCUT2D eigenvalue weighted by Gasteiger charge is 2.09. The van der Waals surface area contributed by atoms with Gasteiger partial charge in [0, 0.05) is 29.4 Å². The highest BCUT2D eigenvalue weighted by molar-refractivity contribution is 6.30. The quantitative estimate of drug-likeness (QED) is 0.585. The molecular weight excluding hydrogens is 372 g/mol. The number of ether oxygens (including phenoxy) is 1. The molecule has 0 saturated carbocycles. The molecule has 0 fully saturated rings. The maximum Gasteiger partial charge on any atom is 0.262 e. The summed E-state index contributed by atoms with van der Waals surface area (Å²) in [6.45, 7) is 1.51. The van der Waals surface area contributed by atoms with E-state index in [2.05, 4.69) is 29.4 Å². The molecule has 28 heavy (non-hydrogen) atoms. The van der Waals surface area contributed by atoms with E-state index in [1.54, 1.807) is 24.3 Å². The van der Waals surface area contributed by atoms with Crippen LogP contribution in [0.4, 0.5) is 5.69 Å². The van der Waals surface area contributed by atoms with Gasteiger partial charge < -0.3 is 10.1 Å². The average Bonchev–Trinajstić information content (AvgIpc) is 2.70. The predicted octanol–water partition coefficient (Wildman–Crippen LogP) is 4.99. The molecule has 5 heteroatoms. The zero-order valence-corrected chi connectivity index (χ0v) is 16.5. The molecule has 0 saturated heterocycles. The Morgan fingerprint density at radius 1 is 0.929 bits per heavy atom. The van der Waals surface area contributed by atoms with Crippen molar-refractivity contribution >= 4 is 23.2 Å². The zero-order chi connectivity index (χ0) is 19.8. The van der Waals surface area contributed by atoms with Crippen LogP contribution in [0.2, 0.25) is 5.02 Å². The normalized spacial score (nSPS) is 10.7. The van der Waals surface area contributed by atoms with Crippen LogP contribution in [-0.4, -0.2) is 24.5 Å². The Morgan fingerprint density at radius 2 is 1.61 bits per heavy atom. The van der Waals surface area contributed by atoms with Crippen molar-refractivity contribution in [2.75, 3.05) is 19.0 Å². The van der Waals surface area contributed by atoms with Crippen molar-refractivity contribution in [1.29, 1.82) is 0 Å². The molecule has 3 rings (SSSR count). The molecule has 4 nitrogen and oxygen atoms in total. The summed E-state index contributed by atoms with van der Waals surface area (Å²) in [5.74, 6) is 0.503. The van der Waals surface area contributed by atoms with Gasteiger partial charge in [-0.05, 0) is 42.9 Å². The number of amides is 1. The van der Waals surface area contributed by atoms with E-state index in [4.69, 9.17) is 16.3 Å².